The summed E-state index contributed by atoms with van der Waals surface area (Å²) in [5, 5.41) is 1.65. The van der Waals surface area contributed by atoms with E-state index in [1.165, 1.54) is 0 Å². The molecule has 2 N–H and O–H groups in total. The van der Waals surface area contributed by atoms with Gasteiger partial charge in [0.2, 0.25) is 0 Å². The highest BCUT2D eigenvalue weighted by Crippen LogP contribution is 2.22. The molecule has 0 spiro atoms. The van der Waals surface area contributed by atoms with Gasteiger partial charge < -0.3 is 5.73 Å². The maximum absolute atomic E-state index is 5.93. The molecule has 60 valence electrons. The first kappa shape index (κ1) is 7.37. The fourth-order valence-corrected chi connectivity index (χ4v) is 1.37. The van der Waals surface area contributed by atoms with Gasteiger partial charge in [-0.3, -0.25) is 0 Å². The topological polar surface area (TPSA) is 38.9 Å². The van der Waals surface area contributed by atoms with Gasteiger partial charge in [0.05, 0.1) is 5.52 Å². The van der Waals surface area contributed by atoms with Crippen LogP contribution in [0, 0.1) is 0 Å². The van der Waals surface area contributed by atoms with E-state index < -0.39 is 0 Å². The standard InChI is InChI=1S/C9H7ClN2/c10-7-2-1-3-8-6(7)4-5-9(11)12-8/h1-5H,(H2,11,12). The third-order valence-corrected chi connectivity index (χ3v) is 2.03. The molecule has 1 aromatic heterocycles. The number of hydrogen-bond acceptors (Lipinski definition) is 2. The first-order valence-electron chi connectivity index (χ1n) is 3.58. The van der Waals surface area contributed by atoms with E-state index in [2.05, 4.69) is 4.98 Å². The summed E-state index contributed by atoms with van der Waals surface area (Å²) in [5.74, 6) is 0.518. The Kier molecular flexibility index (Phi) is 1.62. The fraction of sp³-hybridized carbons (Fsp3) is 0. The molecule has 0 saturated carbocycles. The lowest BCUT2D eigenvalue weighted by atomic mass is 10.2. The number of nitrogen functional groups attached to an aromatic ring is 1. The van der Waals surface area contributed by atoms with Gasteiger partial charge in [-0.05, 0) is 24.3 Å². The summed E-state index contributed by atoms with van der Waals surface area (Å²) < 4.78 is 0. The molecule has 1 aromatic carbocycles. The zero-order chi connectivity index (χ0) is 8.55. The van der Waals surface area contributed by atoms with Crippen LogP contribution in [-0.2, 0) is 0 Å². The number of nitrogens with zero attached hydrogens (tertiary/aromatic N) is 1. The average molecular weight is 179 g/mol. The molecular weight excluding hydrogens is 172 g/mol. The molecule has 2 aromatic rings. The zero-order valence-electron chi connectivity index (χ0n) is 6.29. The number of nitrogens with two attached hydrogens (primary N) is 1. The molecule has 12 heavy (non-hydrogen) atoms. The summed E-state index contributed by atoms with van der Waals surface area (Å²) in [6, 6.07) is 9.20. The molecule has 0 atom stereocenters. The molecule has 0 saturated heterocycles. The molecule has 0 bridgehead atoms. The van der Waals surface area contributed by atoms with Crippen molar-refractivity contribution < 1.29 is 0 Å². The van der Waals surface area contributed by atoms with Gasteiger partial charge in [0.15, 0.2) is 0 Å². The Labute approximate surface area is 75.0 Å². The van der Waals surface area contributed by atoms with E-state index in [-0.39, 0.29) is 0 Å². The lowest BCUT2D eigenvalue weighted by Gasteiger charge is -1.99. The Morgan fingerprint density at radius 2 is 2.00 bits per heavy atom. The fourth-order valence-electron chi connectivity index (χ4n) is 1.13. The minimum atomic E-state index is 0.518. The Balaban J connectivity index is 2.86. The predicted molar refractivity (Wildman–Crippen MR) is 51.2 cm³/mol. The van der Waals surface area contributed by atoms with Crippen LogP contribution in [0.1, 0.15) is 0 Å². The number of rotatable bonds is 0. The van der Waals surface area contributed by atoms with Crippen LogP contribution in [0.15, 0.2) is 30.3 Å². The van der Waals surface area contributed by atoms with Crippen LogP contribution in [0.25, 0.3) is 10.9 Å². The lowest BCUT2D eigenvalue weighted by Crippen LogP contribution is -1.89. The highest BCUT2D eigenvalue weighted by Gasteiger charge is 1.98. The second-order valence-electron chi connectivity index (χ2n) is 2.54. The van der Waals surface area contributed by atoms with Crippen LogP contribution in [-0.4, -0.2) is 4.98 Å². The van der Waals surface area contributed by atoms with Crippen molar-refractivity contribution in [2.24, 2.45) is 0 Å². The Morgan fingerprint density at radius 1 is 1.17 bits per heavy atom. The molecule has 2 nitrogen and oxygen atoms in total. The molecule has 2 rings (SSSR count). The van der Waals surface area contributed by atoms with E-state index >= 15 is 0 Å². The summed E-state index contributed by atoms with van der Waals surface area (Å²) in [6.07, 6.45) is 0. The van der Waals surface area contributed by atoms with Crippen molar-refractivity contribution >= 4 is 28.3 Å². The number of anilines is 1. The van der Waals surface area contributed by atoms with Crippen molar-refractivity contribution in [1.82, 2.24) is 4.98 Å². The Bertz CT molecular complexity index is 426. The molecule has 0 fully saturated rings. The second-order valence-corrected chi connectivity index (χ2v) is 2.95. The zero-order valence-corrected chi connectivity index (χ0v) is 7.05. The number of aromatic nitrogens is 1. The average Bonchev–Trinajstić information content (AvgIpc) is 2.04. The number of benzene rings is 1. The Morgan fingerprint density at radius 3 is 2.83 bits per heavy atom. The summed E-state index contributed by atoms with van der Waals surface area (Å²) in [5.41, 5.74) is 6.36. The monoisotopic (exact) mass is 178 g/mol. The maximum atomic E-state index is 5.93. The Hall–Kier alpha value is -1.28. The molecule has 0 aliphatic heterocycles. The second kappa shape index (κ2) is 2.64. The van der Waals surface area contributed by atoms with Gasteiger partial charge >= 0.3 is 0 Å². The number of halogens is 1. The quantitative estimate of drug-likeness (QED) is 0.673. The first-order chi connectivity index (χ1) is 5.77. The highest BCUT2D eigenvalue weighted by atomic mass is 35.5. The normalized spacial score (nSPS) is 10.4. The van der Waals surface area contributed by atoms with Crippen LogP contribution < -0.4 is 5.73 Å². The van der Waals surface area contributed by atoms with E-state index in [4.69, 9.17) is 17.3 Å². The summed E-state index contributed by atoms with van der Waals surface area (Å²) in [4.78, 5) is 4.13. The van der Waals surface area contributed by atoms with Gasteiger partial charge in [0, 0.05) is 10.4 Å². The first-order valence-corrected chi connectivity index (χ1v) is 3.96. The lowest BCUT2D eigenvalue weighted by molar-refractivity contribution is 1.42. The van der Waals surface area contributed by atoms with Gasteiger partial charge in [-0.15, -0.1) is 0 Å². The SMILES string of the molecule is Nc1ccc2c(Cl)cccc2n1. The van der Waals surface area contributed by atoms with Crippen molar-refractivity contribution in [2.45, 2.75) is 0 Å². The van der Waals surface area contributed by atoms with Crippen molar-refractivity contribution in [3.8, 4) is 0 Å². The van der Waals surface area contributed by atoms with E-state index in [0.717, 1.165) is 10.9 Å². The van der Waals surface area contributed by atoms with Crippen LogP contribution >= 0.6 is 11.6 Å². The van der Waals surface area contributed by atoms with Crippen molar-refractivity contribution in [1.29, 1.82) is 0 Å². The molecule has 0 aliphatic carbocycles. The van der Waals surface area contributed by atoms with Crippen molar-refractivity contribution in [2.75, 3.05) is 5.73 Å². The predicted octanol–water partition coefficient (Wildman–Crippen LogP) is 2.47. The van der Waals surface area contributed by atoms with Gasteiger partial charge in [-0.1, -0.05) is 17.7 Å². The molecule has 3 heteroatoms. The van der Waals surface area contributed by atoms with Crippen LogP contribution in [0.2, 0.25) is 5.02 Å². The van der Waals surface area contributed by atoms with Crippen molar-refractivity contribution in [3.05, 3.63) is 35.4 Å². The van der Waals surface area contributed by atoms with E-state index in [1.807, 2.05) is 24.3 Å². The third-order valence-electron chi connectivity index (χ3n) is 1.70. The van der Waals surface area contributed by atoms with E-state index in [9.17, 15) is 0 Å². The van der Waals surface area contributed by atoms with Gasteiger partial charge in [-0.2, -0.15) is 0 Å². The van der Waals surface area contributed by atoms with Crippen LogP contribution in [0.3, 0.4) is 0 Å². The number of hydrogen-bond donors (Lipinski definition) is 1. The molecule has 1 heterocycles. The molecule has 0 amide bonds. The summed E-state index contributed by atoms with van der Waals surface area (Å²) in [6.45, 7) is 0. The van der Waals surface area contributed by atoms with E-state index in [1.54, 1.807) is 6.07 Å². The van der Waals surface area contributed by atoms with Gasteiger partial charge in [-0.25, -0.2) is 4.98 Å². The highest BCUT2D eigenvalue weighted by molar-refractivity contribution is 6.35. The van der Waals surface area contributed by atoms with Crippen LogP contribution in [0.5, 0.6) is 0 Å². The molecule has 0 unspecified atom stereocenters. The maximum Gasteiger partial charge on any atom is 0.124 e. The minimum Gasteiger partial charge on any atom is -0.384 e. The van der Waals surface area contributed by atoms with Gasteiger partial charge in [0.25, 0.3) is 0 Å². The smallest absolute Gasteiger partial charge is 0.124 e. The molecular formula is C9H7ClN2. The van der Waals surface area contributed by atoms with Gasteiger partial charge in [0.1, 0.15) is 5.82 Å². The molecule has 0 aliphatic rings. The van der Waals surface area contributed by atoms with E-state index in [0.29, 0.717) is 10.8 Å². The minimum absolute atomic E-state index is 0.518. The largest absolute Gasteiger partial charge is 0.384 e. The molecule has 0 radical (unpaired) electrons. The summed E-state index contributed by atoms with van der Waals surface area (Å²) in [7, 11) is 0. The van der Waals surface area contributed by atoms with Crippen molar-refractivity contribution in [3.63, 3.8) is 0 Å². The number of fused-ring (bicyclic) bond motifs is 1. The third kappa shape index (κ3) is 1.10. The summed E-state index contributed by atoms with van der Waals surface area (Å²) >= 11 is 5.93. The van der Waals surface area contributed by atoms with Crippen LogP contribution in [0.4, 0.5) is 5.82 Å². The number of pyridine rings is 1.